The van der Waals surface area contributed by atoms with Crippen molar-refractivity contribution in [1.29, 1.82) is 0 Å². The largest absolute Gasteiger partial charge is 0.322 e. The maximum absolute atomic E-state index is 11.9. The Balaban J connectivity index is 2.19. The first-order valence-electron chi connectivity index (χ1n) is 5.75. The number of amides is 1. The Hall–Kier alpha value is -2.13. The van der Waals surface area contributed by atoms with Crippen molar-refractivity contribution in [1.82, 2.24) is 0 Å². The number of Topliss-reactive ketones (excluding diaryl/α,β-unsaturated/α-hetero) is 1. The van der Waals surface area contributed by atoms with Gasteiger partial charge in [0, 0.05) is 16.8 Å². The third-order valence-corrected chi connectivity index (χ3v) is 2.95. The summed E-state index contributed by atoms with van der Waals surface area (Å²) >= 11 is 5.98. The molecule has 19 heavy (non-hydrogen) atoms. The number of carbonyl (C=O) groups is 2. The Kier molecular flexibility index (Phi) is 3.97. The van der Waals surface area contributed by atoms with Crippen LogP contribution in [0.15, 0.2) is 48.5 Å². The first-order chi connectivity index (χ1) is 9.08. The quantitative estimate of drug-likeness (QED) is 0.865. The highest BCUT2D eigenvalue weighted by atomic mass is 35.5. The van der Waals surface area contributed by atoms with Gasteiger partial charge in [0.25, 0.3) is 5.91 Å². The van der Waals surface area contributed by atoms with Gasteiger partial charge in [-0.1, -0.05) is 29.8 Å². The minimum atomic E-state index is -0.216. The zero-order valence-electron chi connectivity index (χ0n) is 10.3. The molecule has 0 fully saturated rings. The fourth-order valence-corrected chi connectivity index (χ4v) is 1.98. The van der Waals surface area contributed by atoms with E-state index in [2.05, 4.69) is 5.32 Å². The van der Waals surface area contributed by atoms with Crippen LogP contribution in [0.5, 0.6) is 0 Å². The second-order valence-corrected chi connectivity index (χ2v) is 4.48. The van der Waals surface area contributed by atoms with Crippen LogP contribution in [0.3, 0.4) is 0 Å². The molecule has 0 aliphatic heterocycles. The number of ketones is 1. The lowest BCUT2D eigenvalue weighted by Crippen LogP contribution is -2.11. The molecule has 0 aliphatic carbocycles. The summed E-state index contributed by atoms with van der Waals surface area (Å²) in [5.41, 5.74) is 1.57. The molecule has 4 heteroatoms. The minimum Gasteiger partial charge on any atom is -0.322 e. The number of carbonyl (C=O) groups excluding carboxylic acids is 2. The molecule has 0 aromatic heterocycles. The number of anilines is 1. The molecular weight excluding hydrogens is 262 g/mol. The Morgan fingerprint density at radius 2 is 1.74 bits per heavy atom. The third kappa shape index (κ3) is 3.20. The van der Waals surface area contributed by atoms with Gasteiger partial charge in [-0.2, -0.15) is 0 Å². The molecule has 2 rings (SSSR count). The molecule has 2 aromatic rings. The molecule has 0 unspecified atom stereocenters. The molecule has 0 saturated heterocycles. The number of hydrogen-bond acceptors (Lipinski definition) is 2. The van der Waals surface area contributed by atoms with Crippen LogP contribution in [-0.4, -0.2) is 11.7 Å². The number of halogens is 1. The van der Waals surface area contributed by atoms with Gasteiger partial charge in [-0.3, -0.25) is 9.59 Å². The van der Waals surface area contributed by atoms with E-state index in [-0.39, 0.29) is 11.7 Å². The van der Waals surface area contributed by atoms with Crippen molar-refractivity contribution in [2.45, 2.75) is 6.92 Å². The summed E-state index contributed by atoms with van der Waals surface area (Å²) in [5.74, 6) is -0.321. The highest BCUT2D eigenvalue weighted by Crippen LogP contribution is 2.21. The Labute approximate surface area is 116 Å². The first-order valence-corrected chi connectivity index (χ1v) is 6.12. The summed E-state index contributed by atoms with van der Waals surface area (Å²) in [6.45, 7) is 1.45. The van der Waals surface area contributed by atoms with Crippen molar-refractivity contribution in [2.24, 2.45) is 0 Å². The Morgan fingerprint density at radius 3 is 2.32 bits per heavy atom. The van der Waals surface area contributed by atoms with Crippen LogP contribution in [-0.2, 0) is 0 Å². The van der Waals surface area contributed by atoms with Gasteiger partial charge in [0.15, 0.2) is 5.78 Å². The first kappa shape index (κ1) is 13.3. The molecule has 96 valence electrons. The summed E-state index contributed by atoms with van der Waals surface area (Å²) < 4.78 is 0. The van der Waals surface area contributed by atoms with Crippen molar-refractivity contribution >= 4 is 29.0 Å². The molecule has 0 atom stereocenters. The smallest absolute Gasteiger partial charge is 0.255 e. The Bertz CT molecular complexity index is 623. The van der Waals surface area contributed by atoms with Gasteiger partial charge in [0.1, 0.15) is 0 Å². The molecule has 1 N–H and O–H groups in total. The lowest BCUT2D eigenvalue weighted by molar-refractivity contribution is 0.101. The highest BCUT2D eigenvalue weighted by molar-refractivity contribution is 6.34. The number of nitrogens with one attached hydrogen (secondary N) is 1. The third-order valence-electron chi connectivity index (χ3n) is 2.64. The zero-order chi connectivity index (χ0) is 13.8. The van der Waals surface area contributed by atoms with Crippen LogP contribution < -0.4 is 5.32 Å². The van der Waals surface area contributed by atoms with Gasteiger partial charge in [-0.25, -0.2) is 0 Å². The standard InChI is InChI=1S/C15H12ClNO2/c1-10(18)13-8-7-12(9-14(13)16)17-15(19)11-5-3-2-4-6-11/h2-9H,1H3,(H,17,19). The van der Waals surface area contributed by atoms with Crippen LogP contribution >= 0.6 is 11.6 Å². The summed E-state index contributed by atoms with van der Waals surface area (Å²) in [7, 11) is 0. The van der Waals surface area contributed by atoms with Crippen LogP contribution in [0.4, 0.5) is 5.69 Å². The lowest BCUT2D eigenvalue weighted by atomic mass is 10.1. The maximum atomic E-state index is 11.9. The molecule has 0 saturated carbocycles. The molecule has 0 spiro atoms. The molecular formula is C15H12ClNO2. The van der Waals surface area contributed by atoms with E-state index >= 15 is 0 Å². The molecule has 0 aliphatic rings. The predicted molar refractivity (Wildman–Crippen MR) is 75.9 cm³/mol. The predicted octanol–water partition coefficient (Wildman–Crippen LogP) is 3.79. The molecule has 0 radical (unpaired) electrons. The van der Waals surface area contributed by atoms with E-state index in [9.17, 15) is 9.59 Å². The van der Waals surface area contributed by atoms with Crippen LogP contribution in [0.2, 0.25) is 5.02 Å². The van der Waals surface area contributed by atoms with Gasteiger partial charge in [-0.05, 0) is 37.3 Å². The summed E-state index contributed by atoms with van der Waals surface area (Å²) in [6, 6.07) is 13.7. The van der Waals surface area contributed by atoms with Crippen LogP contribution in [0.1, 0.15) is 27.6 Å². The number of benzene rings is 2. The van der Waals surface area contributed by atoms with Crippen molar-refractivity contribution < 1.29 is 9.59 Å². The average Bonchev–Trinajstić information content (AvgIpc) is 2.39. The fourth-order valence-electron chi connectivity index (χ4n) is 1.67. The van der Waals surface area contributed by atoms with E-state index in [1.807, 2.05) is 6.07 Å². The summed E-state index contributed by atoms with van der Waals surface area (Å²) in [6.07, 6.45) is 0. The van der Waals surface area contributed by atoms with E-state index in [1.54, 1.807) is 42.5 Å². The minimum absolute atomic E-state index is 0.106. The summed E-state index contributed by atoms with van der Waals surface area (Å²) in [4.78, 5) is 23.2. The van der Waals surface area contributed by atoms with E-state index in [4.69, 9.17) is 11.6 Å². The van der Waals surface area contributed by atoms with Gasteiger partial charge < -0.3 is 5.32 Å². The van der Waals surface area contributed by atoms with Gasteiger partial charge in [-0.15, -0.1) is 0 Å². The van der Waals surface area contributed by atoms with Gasteiger partial charge in [0.05, 0.1) is 5.02 Å². The SMILES string of the molecule is CC(=O)c1ccc(NC(=O)c2ccccc2)cc1Cl. The Morgan fingerprint density at radius 1 is 1.05 bits per heavy atom. The van der Waals surface area contributed by atoms with Crippen molar-refractivity contribution in [2.75, 3.05) is 5.32 Å². The lowest BCUT2D eigenvalue weighted by Gasteiger charge is -2.07. The monoisotopic (exact) mass is 273 g/mol. The second kappa shape index (κ2) is 5.67. The van der Waals surface area contributed by atoms with Gasteiger partial charge >= 0.3 is 0 Å². The van der Waals surface area contributed by atoms with Crippen LogP contribution in [0, 0.1) is 0 Å². The van der Waals surface area contributed by atoms with Gasteiger partial charge in [0.2, 0.25) is 0 Å². The number of rotatable bonds is 3. The molecule has 0 bridgehead atoms. The zero-order valence-corrected chi connectivity index (χ0v) is 11.1. The van der Waals surface area contributed by atoms with Crippen LogP contribution in [0.25, 0.3) is 0 Å². The topological polar surface area (TPSA) is 46.2 Å². The molecule has 2 aromatic carbocycles. The fraction of sp³-hybridized carbons (Fsp3) is 0.0667. The second-order valence-electron chi connectivity index (χ2n) is 4.07. The highest BCUT2D eigenvalue weighted by Gasteiger charge is 2.09. The molecule has 0 heterocycles. The van der Waals surface area contributed by atoms with Crippen molar-refractivity contribution in [3.05, 3.63) is 64.7 Å². The average molecular weight is 274 g/mol. The van der Waals surface area contributed by atoms with Crippen molar-refractivity contribution in [3.63, 3.8) is 0 Å². The normalized spacial score (nSPS) is 10.0. The van der Waals surface area contributed by atoms with E-state index in [0.717, 1.165) is 0 Å². The van der Waals surface area contributed by atoms with E-state index in [0.29, 0.717) is 21.8 Å². The number of hydrogen-bond donors (Lipinski definition) is 1. The van der Waals surface area contributed by atoms with E-state index in [1.165, 1.54) is 6.92 Å². The molecule has 1 amide bonds. The summed E-state index contributed by atoms with van der Waals surface area (Å²) in [5, 5.41) is 3.06. The van der Waals surface area contributed by atoms with Crippen molar-refractivity contribution in [3.8, 4) is 0 Å². The molecule has 3 nitrogen and oxygen atoms in total. The van der Waals surface area contributed by atoms with E-state index < -0.39 is 0 Å². The maximum Gasteiger partial charge on any atom is 0.255 e.